The summed E-state index contributed by atoms with van der Waals surface area (Å²) in [6.07, 6.45) is 1.82. The molecule has 0 amide bonds. The first-order chi connectivity index (χ1) is 11.3. The number of hydrazine groups is 1. The van der Waals surface area contributed by atoms with Crippen molar-refractivity contribution in [2.45, 2.75) is 12.4 Å². The SMILES string of the molecule is ClCc1ccc(-c2ccc(CNNc3ccccc3)cc2)nc1. The van der Waals surface area contributed by atoms with Crippen molar-refractivity contribution in [1.82, 2.24) is 10.4 Å². The van der Waals surface area contributed by atoms with Crippen LogP contribution in [0.25, 0.3) is 11.3 Å². The van der Waals surface area contributed by atoms with E-state index in [0.29, 0.717) is 5.88 Å². The van der Waals surface area contributed by atoms with Gasteiger partial charge in [0.1, 0.15) is 0 Å². The van der Waals surface area contributed by atoms with Crippen molar-refractivity contribution in [1.29, 1.82) is 0 Å². The van der Waals surface area contributed by atoms with Gasteiger partial charge >= 0.3 is 0 Å². The predicted molar refractivity (Wildman–Crippen MR) is 96.1 cm³/mol. The zero-order valence-corrected chi connectivity index (χ0v) is 13.4. The van der Waals surface area contributed by atoms with Gasteiger partial charge in [0.05, 0.1) is 5.69 Å². The van der Waals surface area contributed by atoms with Crippen LogP contribution in [0.15, 0.2) is 72.9 Å². The molecule has 1 heterocycles. The fourth-order valence-electron chi connectivity index (χ4n) is 2.24. The van der Waals surface area contributed by atoms with Crippen LogP contribution in [0.2, 0.25) is 0 Å². The maximum Gasteiger partial charge on any atom is 0.0702 e. The highest BCUT2D eigenvalue weighted by Crippen LogP contribution is 2.18. The minimum absolute atomic E-state index is 0.492. The standard InChI is InChI=1S/C19H18ClN3/c20-12-16-8-11-19(21-13-16)17-9-6-15(7-10-17)14-22-23-18-4-2-1-3-5-18/h1-11,13,22-23H,12,14H2. The van der Waals surface area contributed by atoms with Gasteiger partial charge in [0.2, 0.25) is 0 Å². The maximum atomic E-state index is 5.79. The molecular formula is C19H18ClN3. The van der Waals surface area contributed by atoms with Crippen LogP contribution in [-0.4, -0.2) is 4.98 Å². The molecule has 0 unspecified atom stereocenters. The third kappa shape index (κ3) is 4.31. The average Bonchev–Trinajstić information content (AvgIpc) is 2.63. The first-order valence-electron chi connectivity index (χ1n) is 7.49. The van der Waals surface area contributed by atoms with Crippen LogP contribution < -0.4 is 10.9 Å². The lowest BCUT2D eigenvalue weighted by Gasteiger charge is -2.09. The first kappa shape index (κ1) is 15.5. The van der Waals surface area contributed by atoms with E-state index in [1.54, 1.807) is 0 Å². The lowest BCUT2D eigenvalue weighted by molar-refractivity contribution is 0.801. The molecule has 0 saturated heterocycles. The Bertz CT molecular complexity index is 725. The zero-order valence-electron chi connectivity index (χ0n) is 12.7. The van der Waals surface area contributed by atoms with Gasteiger partial charge < -0.3 is 5.43 Å². The number of aromatic nitrogens is 1. The van der Waals surface area contributed by atoms with Crippen LogP contribution in [0.1, 0.15) is 11.1 Å². The van der Waals surface area contributed by atoms with E-state index in [0.717, 1.165) is 29.1 Å². The van der Waals surface area contributed by atoms with Gasteiger partial charge in [0.15, 0.2) is 0 Å². The number of hydrogen-bond donors (Lipinski definition) is 2. The second kappa shape index (κ2) is 7.77. The number of alkyl halides is 1. The molecule has 3 aromatic rings. The van der Waals surface area contributed by atoms with Crippen molar-refractivity contribution in [2.75, 3.05) is 5.43 Å². The van der Waals surface area contributed by atoms with Crippen LogP contribution in [0.5, 0.6) is 0 Å². The second-order valence-electron chi connectivity index (χ2n) is 5.23. The van der Waals surface area contributed by atoms with Gasteiger partial charge in [-0.05, 0) is 29.3 Å². The lowest BCUT2D eigenvalue weighted by Crippen LogP contribution is -2.20. The molecule has 116 valence electrons. The van der Waals surface area contributed by atoms with E-state index in [1.165, 1.54) is 5.56 Å². The Morgan fingerprint density at radius 3 is 2.22 bits per heavy atom. The maximum absolute atomic E-state index is 5.79. The molecule has 0 bridgehead atoms. The summed E-state index contributed by atoms with van der Waals surface area (Å²) in [5, 5.41) is 0. The molecule has 3 nitrogen and oxygen atoms in total. The summed E-state index contributed by atoms with van der Waals surface area (Å²) < 4.78 is 0. The molecular weight excluding hydrogens is 306 g/mol. The Morgan fingerprint density at radius 2 is 1.57 bits per heavy atom. The first-order valence-corrected chi connectivity index (χ1v) is 8.03. The van der Waals surface area contributed by atoms with E-state index in [4.69, 9.17) is 11.6 Å². The molecule has 0 fully saturated rings. The van der Waals surface area contributed by atoms with Gasteiger partial charge in [0, 0.05) is 29.9 Å². The summed E-state index contributed by atoms with van der Waals surface area (Å²) >= 11 is 5.79. The van der Waals surface area contributed by atoms with Gasteiger partial charge in [-0.2, -0.15) is 0 Å². The van der Waals surface area contributed by atoms with Crippen LogP contribution in [0.4, 0.5) is 5.69 Å². The minimum Gasteiger partial charge on any atom is -0.321 e. The molecule has 0 aliphatic rings. The second-order valence-corrected chi connectivity index (χ2v) is 5.49. The molecule has 0 radical (unpaired) electrons. The topological polar surface area (TPSA) is 37.0 Å². The van der Waals surface area contributed by atoms with Crippen LogP contribution in [0, 0.1) is 0 Å². The summed E-state index contributed by atoms with van der Waals surface area (Å²) in [5.74, 6) is 0.492. The Morgan fingerprint density at radius 1 is 0.826 bits per heavy atom. The third-order valence-electron chi connectivity index (χ3n) is 3.53. The monoisotopic (exact) mass is 323 g/mol. The van der Waals surface area contributed by atoms with Gasteiger partial charge in [-0.1, -0.05) is 48.5 Å². The largest absolute Gasteiger partial charge is 0.321 e. The van der Waals surface area contributed by atoms with E-state index >= 15 is 0 Å². The summed E-state index contributed by atoms with van der Waals surface area (Å²) in [7, 11) is 0. The number of halogens is 1. The number of nitrogens with zero attached hydrogens (tertiary/aromatic N) is 1. The number of anilines is 1. The third-order valence-corrected chi connectivity index (χ3v) is 3.84. The minimum atomic E-state index is 0.492. The van der Waals surface area contributed by atoms with Crippen molar-refractivity contribution < 1.29 is 0 Å². The fourth-order valence-corrected chi connectivity index (χ4v) is 2.40. The molecule has 4 heteroatoms. The number of pyridine rings is 1. The van der Waals surface area contributed by atoms with E-state index < -0.39 is 0 Å². The highest BCUT2D eigenvalue weighted by Gasteiger charge is 2.00. The molecule has 0 atom stereocenters. The van der Waals surface area contributed by atoms with Gasteiger partial charge in [-0.25, -0.2) is 5.43 Å². The summed E-state index contributed by atoms with van der Waals surface area (Å²) in [6.45, 7) is 0.744. The van der Waals surface area contributed by atoms with Gasteiger partial charge in [-0.15, -0.1) is 11.6 Å². The number of nitrogens with one attached hydrogen (secondary N) is 2. The highest BCUT2D eigenvalue weighted by atomic mass is 35.5. The summed E-state index contributed by atoms with van der Waals surface area (Å²) in [6, 6.07) is 22.4. The molecule has 23 heavy (non-hydrogen) atoms. The van der Waals surface area contributed by atoms with Crippen LogP contribution >= 0.6 is 11.6 Å². The Labute approximate surface area is 141 Å². The number of benzene rings is 2. The van der Waals surface area contributed by atoms with E-state index in [-0.39, 0.29) is 0 Å². The van der Waals surface area contributed by atoms with Crippen LogP contribution in [0.3, 0.4) is 0 Å². The molecule has 3 rings (SSSR count). The Kier molecular flexibility index (Phi) is 5.25. The molecule has 1 aromatic heterocycles. The zero-order chi connectivity index (χ0) is 15.9. The molecule has 0 aliphatic heterocycles. The quantitative estimate of drug-likeness (QED) is 0.514. The lowest BCUT2D eigenvalue weighted by atomic mass is 10.1. The fraction of sp³-hybridized carbons (Fsp3) is 0.105. The van der Waals surface area contributed by atoms with Crippen molar-refractivity contribution in [3.05, 3.63) is 84.1 Å². The summed E-state index contributed by atoms with van der Waals surface area (Å²) in [4.78, 5) is 4.44. The van der Waals surface area contributed by atoms with Crippen molar-refractivity contribution in [3.8, 4) is 11.3 Å². The Balaban J connectivity index is 1.58. The van der Waals surface area contributed by atoms with Gasteiger partial charge in [-0.3, -0.25) is 4.98 Å². The van der Waals surface area contributed by atoms with Gasteiger partial charge in [0.25, 0.3) is 0 Å². The van der Waals surface area contributed by atoms with Crippen LogP contribution in [-0.2, 0) is 12.4 Å². The molecule has 0 saturated carbocycles. The van der Waals surface area contributed by atoms with E-state index in [9.17, 15) is 0 Å². The van der Waals surface area contributed by atoms with E-state index in [2.05, 4.69) is 40.1 Å². The molecule has 0 spiro atoms. The Hall–Kier alpha value is -2.36. The van der Waals surface area contributed by atoms with E-state index in [1.807, 2.05) is 48.7 Å². The molecule has 0 aliphatic carbocycles. The molecule has 2 N–H and O–H groups in total. The van der Waals surface area contributed by atoms with Crippen molar-refractivity contribution >= 4 is 17.3 Å². The molecule has 2 aromatic carbocycles. The summed E-state index contributed by atoms with van der Waals surface area (Å²) in [5.41, 5.74) is 11.7. The van der Waals surface area contributed by atoms with Crippen molar-refractivity contribution in [3.63, 3.8) is 0 Å². The van der Waals surface area contributed by atoms with Crippen molar-refractivity contribution in [2.24, 2.45) is 0 Å². The number of hydrogen-bond acceptors (Lipinski definition) is 3. The average molecular weight is 324 g/mol. The number of rotatable bonds is 6. The highest BCUT2D eigenvalue weighted by molar-refractivity contribution is 6.17. The predicted octanol–water partition coefficient (Wildman–Crippen LogP) is 4.60. The normalized spacial score (nSPS) is 10.5. The number of para-hydroxylation sites is 1. The smallest absolute Gasteiger partial charge is 0.0702 e.